The number of nitrogens with zero attached hydrogens (tertiary/aromatic N) is 3. The van der Waals surface area contributed by atoms with Crippen molar-refractivity contribution in [3.05, 3.63) is 80.9 Å². The van der Waals surface area contributed by atoms with E-state index in [1.165, 1.54) is 16.0 Å². The number of rotatable bonds is 8. The van der Waals surface area contributed by atoms with Crippen LogP contribution in [-0.2, 0) is 19.6 Å². The second-order valence-corrected chi connectivity index (χ2v) is 9.60. The van der Waals surface area contributed by atoms with Crippen molar-refractivity contribution in [3.8, 4) is 5.75 Å². The summed E-state index contributed by atoms with van der Waals surface area (Å²) < 4.78 is 5.34. The Kier molecular flexibility index (Phi) is 6.94. The summed E-state index contributed by atoms with van der Waals surface area (Å²) in [7, 11) is 3.77. The molecule has 0 aliphatic rings. The summed E-state index contributed by atoms with van der Waals surface area (Å²) in [6.45, 7) is 6.39. The number of thiophene rings is 1. The molecular formula is C25H27ClN4OS. The Bertz CT molecular complexity index is 1220. The van der Waals surface area contributed by atoms with Gasteiger partial charge < -0.3 is 10.1 Å². The van der Waals surface area contributed by atoms with Crippen LogP contribution in [0.2, 0.25) is 5.02 Å². The molecule has 0 amide bonds. The second kappa shape index (κ2) is 9.86. The zero-order chi connectivity index (χ0) is 22.7. The number of halogens is 1. The first kappa shape index (κ1) is 22.5. The summed E-state index contributed by atoms with van der Waals surface area (Å²) in [6, 6.07) is 16.0. The molecule has 2 aromatic heterocycles. The van der Waals surface area contributed by atoms with E-state index in [1.54, 1.807) is 18.4 Å². The number of hydrogen-bond acceptors (Lipinski definition) is 6. The molecule has 2 heterocycles. The van der Waals surface area contributed by atoms with Crippen molar-refractivity contribution in [1.29, 1.82) is 0 Å². The predicted molar refractivity (Wildman–Crippen MR) is 134 cm³/mol. The van der Waals surface area contributed by atoms with Gasteiger partial charge in [0.15, 0.2) is 0 Å². The van der Waals surface area contributed by atoms with Crippen LogP contribution < -0.4 is 10.1 Å². The Morgan fingerprint density at radius 3 is 2.56 bits per heavy atom. The third kappa shape index (κ3) is 5.21. The van der Waals surface area contributed by atoms with Crippen molar-refractivity contribution in [3.63, 3.8) is 0 Å². The average molecular weight is 467 g/mol. The summed E-state index contributed by atoms with van der Waals surface area (Å²) in [5.74, 6) is 2.56. The number of hydrogen-bond donors (Lipinski definition) is 1. The standard InChI is InChI=1S/C25H27ClN4OS/c1-16-17(2)32-25-23(16)24(27-13-18-8-10-20(26)11-9-18)28-22(29-25)15-30(3)14-19-6-5-7-21(12-19)31-4/h5-12H,13-15H2,1-4H3,(H,27,28,29). The molecule has 166 valence electrons. The van der Waals surface area contributed by atoms with E-state index in [-0.39, 0.29) is 0 Å². The van der Waals surface area contributed by atoms with Crippen LogP contribution in [0.15, 0.2) is 48.5 Å². The average Bonchev–Trinajstić information content (AvgIpc) is 3.06. The van der Waals surface area contributed by atoms with E-state index in [9.17, 15) is 0 Å². The Balaban J connectivity index is 1.56. The second-order valence-electron chi connectivity index (χ2n) is 7.96. The van der Waals surface area contributed by atoms with Crippen LogP contribution in [0.4, 0.5) is 5.82 Å². The molecule has 0 bridgehead atoms. The number of aromatic nitrogens is 2. The molecule has 0 fully saturated rings. The maximum atomic E-state index is 6.02. The maximum absolute atomic E-state index is 6.02. The molecule has 7 heteroatoms. The summed E-state index contributed by atoms with van der Waals surface area (Å²) >= 11 is 7.75. The molecule has 32 heavy (non-hydrogen) atoms. The van der Waals surface area contributed by atoms with Gasteiger partial charge in [-0.15, -0.1) is 11.3 Å². The molecule has 4 rings (SSSR count). The lowest BCUT2D eigenvalue weighted by molar-refractivity contribution is 0.310. The van der Waals surface area contributed by atoms with Gasteiger partial charge in [0, 0.05) is 23.0 Å². The number of methoxy groups -OCH3 is 1. The topological polar surface area (TPSA) is 50.3 Å². The Labute approximate surface area is 198 Å². The molecule has 1 N–H and O–H groups in total. The van der Waals surface area contributed by atoms with E-state index in [1.807, 2.05) is 36.4 Å². The number of benzene rings is 2. The molecule has 5 nitrogen and oxygen atoms in total. The number of aryl methyl sites for hydroxylation is 2. The van der Waals surface area contributed by atoms with Crippen molar-refractivity contribution in [2.45, 2.75) is 33.5 Å². The molecule has 0 radical (unpaired) electrons. The molecule has 0 aliphatic carbocycles. The quantitative estimate of drug-likeness (QED) is 0.334. The first-order valence-corrected chi connectivity index (χ1v) is 11.7. The van der Waals surface area contributed by atoms with Crippen LogP contribution in [-0.4, -0.2) is 29.0 Å². The molecule has 0 aliphatic heterocycles. The van der Waals surface area contributed by atoms with E-state index in [2.05, 4.69) is 43.2 Å². The maximum Gasteiger partial charge on any atom is 0.146 e. The lowest BCUT2D eigenvalue weighted by Crippen LogP contribution is -2.19. The van der Waals surface area contributed by atoms with Crippen LogP contribution in [0.1, 0.15) is 27.4 Å². The van der Waals surface area contributed by atoms with E-state index in [0.717, 1.165) is 44.7 Å². The molecular weight excluding hydrogens is 440 g/mol. The van der Waals surface area contributed by atoms with Crippen molar-refractivity contribution >= 4 is 39.0 Å². The molecule has 0 saturated heterocycles. The van der Waals surface area contributed by atoms with E-state index < -0.39 is 0 Å². The monoisotopic (exact) mass is 466 g/mol. The third-order valence-electron chi connectivity index (χ3n) is 5.45. The molecule has 4 aromatic rings. The highest BCUT2D eigenvalue weighted by Crippen LogP contribution is 2.33. The third-order valence-corrected chi connectivity index (χ3v) is 6.80. The van der Waals surface area contributed by atoms with Gasteiger partial charge in [-0.05, 0) is 61.9 Å². The Hall–Kier alpha value is -2.67. The highest BCUT2D eigenvalue weighted by atomic mass is 35.5. The van der Waals surface area contributed by atoms with Gasteiger partial charge in [0.05, 0.1) is 19.0 Å². The van der Waals surface area contributed by atoms with Gasteiger partial charge in [0.2, 0.25) is 0 Å². The minimum absolute atomic E-state index is 0.652. The van der Waals surface area contributed by atoms with E-state index in [0.29, 0.717) is 13.1 Å². The molecule has 0 spiro atoms. The van der Waals surface area contributed by atoms with Crippen molar-refractivity contribution in [1.82, 2.24) is 14.9 Å². The minimum Gasteiger partial charge on any atom is -0.497 e. The SMILES string of the molecule is COc1cccc(CN(C)Cc2nc(NCc3ccc(Cl)cc3)c3c(C)c(C)sc3n2)c1. The zero-order valence-corrected chi connectivity index (χ0v) is 20.3. The smallest absolute Gasteiger partial charge is 0.146 e. The van der Waals surface area contributed by atoms with Crippen LogP contribution in [0.3, 0.4) is 0 Å². The number of fused-ring (bicyclic) bond motifs is 1. The van der Waals surface area contributed by atoms with E-state index >= 15 is 0 Å². The Morgan fingerprint density at radius 2 is 1.81 bits per heavy atom. The summed E-state index contributed by atoms with van der Waals surface area (Å²) in [6.07, 6.45) is 0. The lowest BCUT2D eigenvalue weighted by atomic mass is 10.2. The van der Waals surface area contributed by atoms with Crippen molar-refractivity contribution in [2.75, 3.05) is 19.5 Å². The summed E-state index contributed by atoms with van der Waals surface area (Å²) in [4.78, 5) is 14.3. The van der Waals surface area contributed by atoms with Gasteiger partial charge in [0.25, 0.3) is 0 Å². The predicted octanol–water partition coefficient (Wildman–Crippen LogP) is 6.21. The van der Waals surface area contributed by atoms with Gasteiger partial charge in [-0.1, -0.05) is 35.9 Å². The largest absolute Gasteiger partial charge is 0.497 e. The Morgan fingerprint density at radius 1 is 1.03 bits per heavy atom. The normalized spacial score (nSPS) is 11.3. The van der Waals surface area contributed by atoms with E-state index in [4.69, 9.17) is 26.3 Å². The number of nitrogens with one attached hydrogen (secondary N) is 1. The molecule has 0 unspecified atom stereocenters. The number of anilines is 1. The van der Waals surface area contributed by atoms with Gasteiger partial charge in [0.1, 0.15) is 22.2 Å². The molecule has 0 atom stereocenters. The first-order chi connectivity index (χ1) is 15.4. The van der Waals surface area contributed by atoms with Crippen LogP contribution in [0.25, 0.3) is 10.2 Å². The fourth-order valence-electron chi connectivity index (χ4n) is 3.66. The van der Waals surface area contributed by atoms with Gasteiger partial charge in [-0.2, -0.15) is 0 Å². The van der Waals surface area contributed by atoms with Crippen LogP contribution in [0, 0.1) is 13.8 Å². The highest BCUT2D eigenvalue weighted by molar-refractivity contribution is 7.18. The fraction of sp³-hybridized carbons (Fsp3) is 0.280. The number of ether oxygens (including phenoxy) is 1. The zero-order valence-electron chi connectivity index (χ0n) is 18.8. The minimum atomic E-state index is 0.652. The fourth-order valence-corrected chi connectivity index (χ4v) is 4.83. The van der Waals surface area contributed by atoms with Crippen LogP contribution in [0.5, 0.6) is 5.75 Å². The van der Waals surface area contributed by atoms with Gasteiger partial charge in [-0.25, -0.2) is 9.97 Å². The first-order valence-electron chi connectivity index (χ1n) is 10.5. The molecule has 0 saturated carbocycles. The lowest BCUT2D eigenvalue weighted by Gasteiger charge is -2.17. The van der Waals surface area contributed by atoms with Crippen molar-refractivity contribution in [2.24, 2.45) is 0 Å². The van der Waals surface area contributed by atoms with Gasteiger partial charge >= 0.3 is 0 Å². The van der Waals surface area contributed by atoms with Crippen LogP contribution >= 0.6 is 22.9 Å². The van der Waals surface area contributed by atoms with Crippen molar-refractivity contribution < 1.29 is 4.74 Å². The van der Waals surface area contributed by atoms with Gasteiger partial charge in [-0.3, -0.25) is 4.90 Å². The highest BCUT2D eigenvalue weighted by Gasteiger charge is 2.16. The summed E-state index contributed by atoms with van der Waals surface area (Å²) in [5, 5.41) is 5.38. The summed E-state index contributed by atoms with van der Waals surface area (Å²) in [5.41, 5.74) is 3.58. The molecule has 2 aromatic carbocycles.